The van der Waals surface area contributed by atoms with Crippen LogP contribution in [0.3, 0.4) is 0 Å². The normalized spacial score (nSPS) is 11.9. The van der Waals surface area contributed by atoms with Crippen molar-refractivity contribution >= 4 is 5.97 Å². The smallest absolute Gasteiger partial charge is 0.343 e. The number of rotatable bonds is 14. The molecule has 0 fully saturated rings. The SMILES string of the molecule is CCCCCCCCOC(C)c1ccc(-c2ccc(C(=O)Oc3ccc(CCC)cc3)cc2)cc1. The maximum atomic E-state index is 12.5. The molecule has 0 bridgehead atoms. The van der Waals surface area contributed by atoms with Crippen molar-refractivity contribution in [1.29, 1.82) is 0 Å². The fourth-order valence-corrected chi connectivity index (χ4v) is 4.16. The zero-order chi connectivity index (χ0) is 24.9. The molecule has 3 rings (SSSR count). The van der Waals surface area contributed by atoms with E-state index in [4.69, 9.17) is 9.47 Å². The van der Waals surface area contributed by atoms with Crippen molar-refractivity contribution < 1.29 is 14.3 Å². The number of carbonyl (C=O) groups excluding carboxylic acids is 1. The molecular formula is C32H40O3. The van der Waals surface area contributed by atoms with Gasteiger partial charge >= 0.3 is 5.97 Å². The van der Waals surface area contributed by atoms with Gasteiger partial charge in [-0.3, -0.25) is 0 Å². The largest absolute Gasteiger partial charge is 0.423 e. The zero-order valence-corrected chi connectivity index (χ0v) is 21.6. The first-order chi connectivity index (χ1) is 17.1. The van der Waals surface area contributed by atoms with Crippen LogP contribution in [-0.2, 0) is 11.2 Å². The van der Waals surface area contributed by atoms with Crippen LogP contribution in [0, 0.1) is 0 Å². The molecule has 0 spiro atoms. The minimum atomic E-state index is -0.341. The molecule has 0 radical (unpaired) electrons. The third-order valence-corrected chi connectivity index (χ3v) is 6.37. The molecule has 35 heavy (non-hydrogen) atoms. The maximum Gasteiger partial charge on any atom is 0.343 e. The Labute approximate surface area is 211 Å². The number of aryl methyl sites for hydroxylation is 1. The average molecular weight is 473 g/mol. The first-order valence-corrected chi connectivity index (χ1v) is 13.2. The zero-order valence-electron chi connectivity index (χ0n) is 21.6. The Balaban J connectivity index is 1.49. The first-order valence-electron chi connectivity index (χ1n) is 13.2. The van der Waals surface area contributed by atoms with Crippen molar-refractivity contribution in [2.24, 2.45) is 0 Å². The van der Waals surface area contributed by atoms with Crippen molar-refractivity contribution in [3.05, 3.63) is 89.5 Å². The molecule has 3 aromatic rings. The molecule has 0 amide bonds. The van der Waals surface area contributed by atoms with Crippen LogP contribution in [0.5, 0.6) is 5.75 Å². The van der Waals surface area contributed by atoms with Crippen LogP contribution in [-0.4, -0.2) is 12.6 Å². The molecule has 1 unspecified atom stereocenters. The van der Waals surface area contributed by atoms with Crippen LogP contribution in [0.4, 0.5) is 0 Å². The summed E-state index contributed by atoms with van der Waals surface area (Å²) in [5.74, 6) is 0.230. The van der Waals surface area contributed by atoms with Crippen molar-refractivity contribution in [3.8, 4) is 16.9 Å². The number of ether oxygens (including phenoxy) is 2. The fraction of sp³-hybridized carbons (Fsp3) is 0.406. The van der Waals surface area contributed by atoms with Gasteiger partial charge in [0.1, 0.15) is 5.75 Å². The van der Waals surface area contributed by atoms with E-state index in [1.54, 1.807) is 0 Å². The Morgan fingerprint density at radius 2 is 1.31 bits per heavy atom. The summed E-state index contributed by atoms with van der Waals surface area (Å²) in [6.45, 7) is 7.33. The summed E-state index contributed by atoms with van der Waals surface area (Å²) in [7, 11) is 0. The molecule has 0 aliphatic rings. The van der Waals surface area contributed by atoms with Gasteiger partial charge in [-0.05, 0) is 66.3 Å². The molecule has 0 N–H and O–H groups in total. The predicted molar refractivity (Wildman–Crippen MR) is 145 cm³/mol. The monoisotopic (exact) mass is 472 g/mol. The van der Waals surface area contributed by atoms with Crippen LogP contribution in [0.25, 0.3) is 11.1 Å². The Morgan fingerprint density at radius 1 is 0.714 bits per heavy atom. The number of esters is 1. The van der Waals surface area contributed by atoms with E-state index < -0.39 is 0 Å². The number of hydrogen-bond donors (Lipinski definition) is 0. The lowest BCUT2D eigenvalue weighted by Crippen LogP contribution is -2.08. The highest BCUT2D eigenvalue weighted by atomic mass is 16.5. The summed E-state index contributed by atoms with van der Waals surface area (Å²) >= 11 is 0. The van der Waals surface area contributed by atoms with Crippen LogP contribution in [0.15, 0.2) is 72.8 Å². The minimum Gasteiger partial charge on any atom is -0.423 e. The highest BCUT2D eigenvalue weighted by Crippen LogP contribution is 2.25. The maximum absolute atomic E-state index is 12.5. The van der Waals surface area contributed by atoms with Gasteiger partial charge in [0.15, 0.2) is 0 Å². The third-order valence-electron chi connectivity index (χ3n) is 6.37. The quantitative estimate of drug-likeness (QED) is 0.133. The number of carbonyl (C=O) groups is 1. The molecule has 0 saturated carbocycles. The van der Waals surface area contributed by atoms with Gasteiger partial charge < -0.3 is 9.47 Å². The molecular weight excluding hydrogens is 432 g/mol. The summed E-state index contributed by atoms with van der Waals surface area (Å²) in [5.41, 5.74) is 5.16. The van der Waals surface area contributed by atoms with E-state index in [9.17, 15) is 4.79 Å². The highest BCUT2D eigenvalue weighted by Gasteiger charge is 2.10. The molecule has 1 atom stereocenters. The molecule has 0 aliphatic carbocycles. The predicted octanol–water partition coefficient (Wildman–Crippen LogP) is 8.96. The van der Waals surface area contributed by atoms with Crippen LogP contribution in [0.2, 0.25) is 0 Å². The van der Waals surface area contributed by atoms with Crippen LogP contribution in [0.1, 0.15) is 93.3 Å². The van der Waals surface area contributed by atoms with Gasteiger partial charge in [-0.2, -0.15) is 0 Å². The molecule has 0 aliphatic heterocycles. The van der Waals surface area contributed by atoms with Crippen LogP contribution >= 0.6 is 0 Å². The third kappa shape index (κ3) is 8.67. The highest BCUT2D eigenvalue weighted by molar-refractivity contribution is 5.91. The molecule has 0 heterocycles. The summed E-state index contributed by atoms with van der Waals surface area (Å²) in [5, 5.41) is 0. The Hall–Kier alpha value is -2.91. The summed E-state index contributed by atoms with van der Waals surface area (Å²) in [4.78, 5) is 12.5. The van der Waals surface area contributed by atoms with Gasteiger partial charge in [0.25, 0.3) is 0 Å². The molecule has 186 valence electrons. The Kier molecular flexibility index (Phi) is 11.0. The second-order valence-corrected chi connectivity index (χ2v) is 9.26. The van der Waals surface area contributed by atoms with Gasteiger partial charge in [0.05, 0.1) is 11.7 Å². The molecule has 0 saturated heterocycles. The van der Waals surface area contributed by atoms with E-state index >= 15 is 0 Å². The van der Waals surface area contributed by atoms with E-state index in [-0.39, 0.29) is 12.1 Å². The van der Waals surface area contributed by atoms with E-state index in [1.807, 2.05) is 48.5 Å². The average Bonchev–Trinajstić information content (AvgIpc) is 2.89. The van der Waals surface area contributed by atoms with Gasteiger partial charge in [-0.25, -0.2) is 4.79 Å². The first kappa shape index (κ1) is 26.7. The lowest BCUT2D eigenvalue weighted by Gasteiger charge is -2.14. The molecule has 0 aromatic heterocycles. The lowest BCUT2D eigenvalue weighted by molar-refractivity contribution is 0.0627. The summed E-state index contributed by atoms with van der Waals surface area (Å²) < 4.78 is 11.6. The van der Waals surface area contributed by atoms with E-state index in [1.165, 1.54) is 43.2 Å². The molecule has 3 aromatic carbocycles. The number of unbranched alkanes of at least 4 members (excludes halogenated alkanes) is 5. The minimum absolute atomic E-state index is 0.0906. The van der Waals surface area contributed by atoms with Crippen LogP contribution < -0.4 is 4.74 Å². The van der Waals surface area contributed by atoms with Crippen molar-refractivity contribution in [3.63, 3.8) is 0 Å². The Morgan fingerprint density at radius 3 is 1.94 bits per heavy atom. The van der Waals surface area contributed by atoms with E-state index in [0.29, 0.717) is 11.3 Å². The van der Waals surface area contributed by atoms with E-state index in [0.717, 1.165) is 37.0 Å². The fourth-order valence-electron chi connectivity index (χ4n) is 4.16. The number of benzene rings is 3. The summed E-state index contributed by atoms with van der Waals surface area (Å²) in [6.07, 6.45) is 9.87. The second-order valence-electron chi connectivity index (χ2n) is 9.26. The molecule has 3 heteroatoms. The lowest BCUT2D eigenvalue weighted by atomic mass is 10.0. The van der Waals surface area contributed by atoms with Gasteiger partial charge in [0, 0.05) is 6.61 Å². The standard InChI is InChI=1S/C32H40O3/c1-4-6-7-8-9-10-24-34-25(3)27-14-16-28(17-15-27)29-18-20-30(21-19-29)32(33)35-31-22-12-26(11-5-2)13-23-31/h12-23,25H,4-11,24H2,1-3H3. The topological polar surface area (TPSA) is 35.5 Å². The van der Waals surface area contributed by atoms with Gasteiger partial charge in [-0.15, -0.1) is 0 Å². The summed E-state index contributed by atoms with van der Waals surface area (Å²) in [6, 6.07) is 23.8. The van der Waals surface area contributed by atoms with Crippen molar-refractivity contribution in [2.45, 2.75) is 78.2 Å². The van der Waals surface area contributed by atoms with Crippen molar-refractivity contribution in [1.82, 2.24) is 0 Å². The van der Waals surface area contributed by atoms with E-state index in [2.05, 4.69) is 45.0 Å². The second kappa shape index (κ2) is 14.5. The van der Waals surface area contributed by atoms with Gasteiger partial charge in [-0.1, -0.05) is 101 Å². The Bertz CT molecular complexity index is 1000. The van der Waals surface area contributed by atoms with Gasteiger partial charge in [0.2, 0.25) is 0 Å². The molecule has 3 nitrogen and oxygen atoms in total. The number of hydrogen-bond acceptors (Lipinski definition) is 3. The van der Waals surface area contributed by atoms with Crippen molar-refractivity contribution in [2.75, 3.05) is 6.61 Å².